The van der Waals surface area contributed by atoms with Crippen molar-refractivity contribution < 1.29 is 0 Å². The van der Waals surface area contributed by atoms with Crippen LogP contribution in [-0.4, -0.2) is 15.7 Å². The van der Waals surface area contributed by atoms with Crippen molar-refractivity contribution in [1.82, 2.24) is 9.97 Å². The van der Waals surface area contributed by atoms with Crippen molar-refractivity contribution in [3.63, 3.8) is 0 Å². The molecule has 0 radical (unpaired) electrons. The summed E-state index contributed by atoms with van der Waals surface area (Å²) < 4.78 is 0. The summed E-state index contributed by atoms with van der Waals surface area (Å²) in [5.41, 5.74) is 4.17. The summed E-state index contributed by atoms with van der Waals surface area (Å²) in [5, 5.41) is 9.36. The number of rotatable bonds is 6. The molecule has 22 heavy (non-hydrogen) atoms. The van der Waals surface area contributed by atoms with Gasteiger partial charge >= 0.3 is 0 Å². The Morgan fingerprint density at radius 2 is 2.00 bits per heavy atom. The lowest BCUT2D eigenvalue weighted by molar-refractivity contribution is 0.594. The van der Waals surface area contributed by atoms with Crippen molar-refractivity contribution in [2.45, 2.75) is 26.2 Å². The third-order valence-electron chi connectivity index (χ3n) is 3.87. The molecule has 0 spiro atoms. The summed E-state index contributed by atoms with van der Waals surface area (Å²) in [7, 11) is 0. The van der Waals surface area contributed by atoms with Crippen molar-refractivity contribution in [2.24, 2.45) is 5.92 Å². The monoisotopic (exact) mass is 291 g/mol. The lowest BCUT2D eigenvalue weighted by Crippen LogP contribution is -2.10. The highest BCUT2D eigenvalue weighted by Gasteiger charge is 2.10. The first-order valence-electron chi connectivity index (χ1n) is 7.73. The van der Waals surface area contributed by atoms with Crippen LogP contribution in [-0.2, 0) is 12.8 Å². The van der Waals surface area contributed by atoms with E-state index >= 15 is 0 Å². The van der Waals surface area contributed by atoms with Gasteiger partial charge in [0.05, 0.1) is 0 Å². The van der Waals surface area contributed by atoms with E-state index in [-0.39, 0.29) is 0 Å². The first kappa shape index (κ1) is 14.5. The molecule has 2 aromatic heterocycles. The molecule has 0 amide bonds. The minimum absolute atomic E-state index is 0.448. The van der Waals surface area contributed by atoms with Gasteiger partial charge in [-0.15, -0.1) is 0 Å². The summed E-state index contributed by atoms with van der Waals surface area (Å²) in [5.74, 6) is 0.448. The van der Waals surface area contributed by atoms with E-state index in [9.17, 15) is 0 Å². The minimum atomic E-state index is 0.448. The summed E-state index contributed by atoms with van der Waals surface area (Å²) in [6.45, 7) is 2.21. The van der Waals surface area contributed by atoms with E-state index in [4.69, 9.17) is 5.41 Å². The highest BCUT2D eigenvalue weighted by Crippen LogP contribution is 2.17. The molecule has 0 aliphatic rings. The Labute approximate surface area is 130 Å². The Hall–Kier alpha value is -2.42. The van der Waals surface area contributed by atoms with Crippen LogP contribution in [0.3, 0.4) is 0 Å². The van der Waals surface area contributed by atoms with Crippen LogP contribution in [0.5, 0.6) is 0 Å². The second-order valence-corrected chi connectivity index (χ2v) is 6.02. The number of hydrogen-bond donors (Lipinski definition) is 2. The Morgan fingerprint density at radius 1 is 1.18 bits per heavy atom. The molecular weight excluding hydrogens is 270 g/mol. The van der Waals surface area contributed by atoms with Crippen molar-refractivity contribution >= 4 is 16.7 Å². The van der Waals surface area contributed by atoms with Gasteiger partial charge in [-0.1, -0.05) is 37.3 Å². The molecule has 3 rings (SSSR count). The fourth-order valence-electron chi connectivity index (χ4n) is 2.91. The van der Waals surface area contributed by atoms with Crippen LogP contribution >= 0.6 is 0 Å². The smallest absolute Gasteiger partial charge is 0.137 e. The van der Waals surface area contributed by atoms with Gasteiger partial charge in [-0.2, -0.15) is 0 Å². The van der Waals surface area contributed by atoms with Gasteiger partial charge in [-0.25, -0.2) is 4.98 Å². The third-order valence-corrected chi connectivity index (χ3v) is 3.87. The van der Waals surface area contributed by atoms with Crippen LogP contribution in [0.15, 0.2) is 54.7 Å². The van der Waals surface area contributed by atoms with Gasteiger partial charge in [0.25, 0.3) is 0 Å². The molecule has 3 heteroatoms. The topological polar surface area (TPSA) is 52.5 Å². The van der Waals surface area contributed by atoms with E-state index in [2.05, 4.69) is 41.2 Å². The average molecular weight is 291 g/mol. The molecule has 0 saturated heterocycles. The summed E-state index contributed by atoms with van der Waals surface area (Å²) in [6, 6.07) is 16.4. The molecule has 1 atom stereocenters. The lowest BCUT2D eigenvalue weighted by Gasteiger charge is -2.11. The molecule has 1 unspecified atom stereocenters. The molecule has 0 fully saturated rings. The largest absolute Gasteiger partial charge is 0.343 e. The summed E-state index contributed by atoms with van der Waals surface area (Å²) in [4.78, 5) is 7.70. The van der Waals surface area contributed by atoms with E-state index < -0.39 is 0 Å². The standard InChI is InChI=1S/C19H21N3/c1-14(10-17(20)12-15-6-3-2-4-7-15)11-18-13-16-8-5-9-21-19(16)22-18/h2-9,13-14,20H,10-12H2,1H3,(H,21,22). The molecule has 0 bridgehead atoms. The predicted molar refractivity (Wildman–Crippen MR) is 91.5 cm³/mol. The van der Waals surface area contributed by atoms with Crippen molar-refractivity contribution in [3.8, 4) is 0 Å². The third kappa shape index (κ3) is 3.61. The van der Waals surface area contributed by atoms with Gasteiger partial charge in [0, 0.05) is 29.4 Å². The number of fused-ring (bicyclic) bond motifs is 1. The quantitative estimate of drug-likeness (QED) is 0.650. The van der Waals surface area contributed by atoms with Gasteiger partial charge in [0.1, 0.15) is 5.65 Å². The SMILES string of the molecule is CC(CC(=N)Cc1ccccc1)Cc1cc2cccnc2[nH]1. The molecule has 112 valence electrons. The molecule has 3 nitrogen and oxygen atoms in total. The normalized spacial score (nSPS) is 12.4. The van der Waals surface area contributed by atoms with Gasteiger partial charge in [0.15, 0.2) is 0 Å². The molecule has 0 aliphatic heterocycles. The van der Waals surface area contributed by atoms with E-state index in [0.717, 1.165) is 36.0 Å². The number of pyridine rings is 1. The van der Waals surface area contributed by atoms with Crippen LogP contribution in [0, 0.1) is 11.3 Å². The Kier molecular flexibility index (Phi) is 4.33. The van der Waals surface area contributed by atoms with Gasteiger partial charge in [-0.05, 0) is 42.5 Å². The Morgan fingerprint density at radius 3 is 2.77 bits per heavy atom. The molecule has 2 N–H and O–H groups in total. The maximum absolute atomic E-state index is 8.21. The highest BCUT2D eigenvalue weighted by atomic mass is 14.8. The summed E-state index contributed by atoms with van der Waals surface area (Å²) >= 11 is 0. The molecule has 1 aromatic carbocycles. The molecule has 3 aromatic rings. The van der Waals surface area contributed by atoms with Gasteiger partial charge < -0.3 is 10.4 Å². The van der Waals surface area contributed by atoms with Crippen LogP contribution in [0.2, 0.25) is 0 Å². The number of hydrogen-bond acceptors (Lipinski definition) is 2. The number of aromatic amines is 1. The van der Waals surface area contributed by atoms with E-state index in [1.807, 2.05) is 30.5 Å². The number of aromatic nitrogens is 2. The highest BCUT2D eigenvalue weighted by molar-refractivity contribution is 5.83. The number of nitrogens with one attached hydrogen (secondary N) is 2. The minimum Gasteiger partial charge on any atom is -0.343 e. The molecular formula is C19H21N3. The second kappa shape index (κ2) is 6.56. The van der Waals surface area contributed by atoms with Crippen molar-refractivity contribution in [2.75, 3.05) is 0 Å². The van der Waals surface area contributed by atoms with Gasteiger partial charge in [-0.3, -0.25) is 0 Å². The van der Waals surface area contributed by atoms with E-state index in [1.54, 1.807) is 0 Å². The Balaban J connectivity index is 1.57. The van der Waals surface area contributed by atoms with Crippen LogP contribution < -0.4 is 0 Å². The lowest BCUT2D eigenvalue weighted by atomic mass is 9.95. The van der Waals surface area contributed by atoms with E-state index in [1.165, 1.54) is 11.3 Å². The molecule has 0 aliphatic carbocycles. The zero-order valence-corrected chi connectivity index (χ0v) is 12.8. The first-order chi connectivity index (χ1) is 10.7. The average Bonchev–Trinajstić information content (AvgIpc) is 2.89. The molecule has 0 saturated carbocycles. The van der Waals surface area contributed by atoms with Crippen molar-refractivity contribution in [3.05, 3.63) is 66.0 Å². The fraction of sp³-hybridized carbons (Fsp3) is 0.263. The molecule has 2 heterocycles. The van der Waals surface area contributed by atoms with Crippen molar-refractivity contribution in [1.29, 1.82) is 5.41 Å². The Bertz CT molecular complexity index is 725. The summed E-state index contributed by atoms with van der Waals surface area (Å²) in [6.07, 6.45) is 4.34. The fourth-order valence-corrected chi connectivity index (χ4v) is 2.91. The maximum atomic E-state index is 8.21. The zero-order valence-electron chi connectivity index (χ0n) is 12.8. The first-order valence-corrected chi connectivity index (χ1v) is 7.73. The number of H-pyrrole nitrogens is 1. The van der Waals surface area contributed by atoms with E-state index in [0.29, 0.717) is 5.92 Å². The van der Waals surface area contributed by atoms with Crippen LogP contribution in [0.4, 0.5) is 0 Å². The predicted octanol–water partition coefficient (Wildman–Crippen LogP) is 4.39. The number of benzene rings is 1. The van der Waals surface area contributed by atoms with Crippen LogP contribution in [0.25, 0.3) is 11.0 Å². The maximum Gasteiger partial charge on any atom is 0.137 e. The van der Waals surface area contributed by atoms with Crippen LogP contribution in [0.1, 0.15) is 24.6 Å². The zero-order chi connectivity index (χ0) is 15.4. The second-order valence-electron chi connectivity index (χ2n) is 6.02. The van der Waals surface area contributed by atoms with Gasteiger partial charge in [0.2, 0.25) is 0 Å². The number of nitrogens with zero attached hydrogens (tertiary/aromatic N) is 1.